The maximum atomic E-state index is 12.7. The van der Waals surface area contributed by atoms with Gasteiger partial charge in [0.1, 0.15) is 23.5 Å². The zero-order chi connectivity index (χ0) is 24.3. The lowest BCUT2D eigenvalue weighted by Crippen LogP contribution is -2.53. The third-order valence-electron chi connectivity index (χ3n) is 6.23. The summed E-state index contributed by atoms with van der Waals surface area (Å²) in [6.07, 6.45) is 4.14. The van der Waals surface area contributed by atoms with E-state index in [1.807, 2.05) is 35.2 Å². The fourth-order valence-corrected chi connectivity index (χ4v) is 4.04. The van der Waals surface area contributed by atoms with E-state index in [0.29, 0.717) is 36.9 Å². The first kappa shape index (κ1) is 24.0. The van der Waals surface area contributed by atoms with Crippen molar-refractivity contribution < 1.29 is 17.9 Å². The van der Waals surface area contributed by atoms with E-state index in [9.17, 15) is 13.2 Å². The van der Waals surface area contributed by atoms with Gasteiger partial charge in [-0.1, -0.05) is 18.1 Å². The van der Waals surface area contributed by atoms with Crippen LogP contribution in [0.25, 0.3) is 0 Å². The van der Waals surface area contributed by atoms with Crippen molar-refractivity contribution in [1.29, 1.82) is 0 Å². The Hall–Kier alpha value is -3.12. The molecule has 1 unspecified atom stereocenters. The van der Waals surface area contributed by atoms with E-state index in [-0.39, 0.29) is 12.1 Å². The van der Waals surface area contributed by atoms with Crippen molar-refractivity contribution in [2.45, 2.75) is 44.0 Å². The van der Waals surface area contributed by atoms with E-state index in [4.69, 9.17) is 11.2 Å². The van der Waals surface area contributed by atoms with Gasteiger partial charge in [0.15, 0.2) is 0 Å². The number of nitrogens with zero attached hydrogens (tertiary/aromatic N) is 5. The number of aliphatic imine (C=N–C) groups is 1. The van der Waals surface area contributed by atoms with Gasteiger partial charge in [-0.05, 0) is 31.9 Å². The van der Waals surface area contributed by atoms with Gasteiger partial charge in [-0.15, -0.1) is 6.42 Å². The number of hydrogen-bond donors (Lipinski definition) is 0. The molecule has 0 N–H and O–H groups in total. The van der Waals surface area contributed by atoms with Crippen molar-refractivity contribution in [3.05, 3.63) is 47.9 Å². The molecule has 0 bridgehead atoms. The zero-order valence-electron chi connectivity index (χ0n) is 19.3. The van der Waals surface area contributed by atoms with Crippen LogP contribution in [-0.4, -0.2) is 71.6 Å². The van der Waals surface area contributed by atoms with Crippen LogP contribution in [0.3, 0.4) is 0 Å². The molecular formula is C25H28F3N5O. The highest BCUT2D eigenvalue weighted by Crippen LogP contribution is 2.39. The number of anilines is 1. The summed E-state index contributed by atoms with van der Waals surface area (Å²) in [7, 11) is 1.71. The van der Waals surface area contributed by atoms with Crippen LogP contribution in [0.5, 0.6) is 5.75 Å². The number of rotatable bonds is 7. The van der Waals surface area contributed by atoms with Gasteiger partial charge in [-0.3, -0.25) is 9.89 Å². The Balaban J connectivity index is 1.49. The quantitative estimate of drug-likeness (QED) is 0.452. The van der Waals surface area contributed by atoms with Gasteiger partial charge < -0.3 is 9.64 Å². The molecule has 6 nitrogen and oxygen atoms in total. The average Bonchev–Trinajstić information content (AvgIpc) is 3.54. The Kier molecular flexibility index (Phi) is 6.80. The molecule has 0 spiro atoms. The Labute approximate surface area is 197 Å². The maximum absolute atomic E-state index is 12.7. The van der Waals surface area contributed by atoms with Gasteiger partial charge in [0.2, 0.25) is 0 Å². The molecule has 1 saturated carbocycles. The molecule has 2 aliphatic rings. The molecule has 1 aliphatic heterocycles. The molecule has 1 aliphatic carbocycles. The van der Waals surface area contributed by atoms with Gasteiger partial charge in [0.05, 0.1) is 23.9 Å². The normalized spacial score (nSPS) is 20.6. The van der Waals surface area contributed by atoms with Gasteiger partial charge in [0.25, 0.3) is 0 Å². The predicted molar refractivity (Wildman–Crippen MR) is 125 cm³/mol. The minimum absolute atomic E-state index is 0.0833. The highest BCUT2D eigenvalue weighted by atomic mass is 19.4. The molecule has 1 saturated heterocycles. The molecule has 2 heterocycles. The van der Waals surface area contributed by atoms with Crippen LogP contribution in [-0.2, 0) is 0 Å². The largest absolute Gasteiger partial charge is 0.488 e. The second-order valence-corrected chi connectivity index (χ2v) is 8.94. The summed E-state index contributed by atoms with van der Waals surface area (Å²) in [4.78, 5) is 17.0. The molecular weight excluding hydrogens is 443 g/mol. The van der Waals surface area contributed by atoms with Crippen LogP contribution in [0.4, 0.5) is 19.0 Å². The van der Waals surface area contributed by atoms with Gasteiger partial charge >= 0.3 is 6.18 Å². The molecule has 180 valence electrons. The Morgan fingerprint density at radius 3 is 2.74 bits per heavy atom. The molecule has 2 aromatic rings. The van der Waals surface area contributed by atoms with E-state index >= 15 is 0 Å². The zero-order valence-corrected chi connectivity index (χ0v) is 19.3. The van der Waals surface area contributed by atoms with E-state index in [2.05, 4.69) is 27.8 Å². The van der Waals surface area contributed by atoms with E-state index in [0.717, 1.165) is 24.2 Å². The van der Waals surface area contributed by atoms with E-state index in [1.165, 1.54) is 6.33 Å². The highest BCUT2D eigenvalue weighted by Gasteiger charge is 2.40. The average molecular weight is 472 g/mol. The number of alkyl halides is 3. The molecule has 1 aromatic heterocycles. The Morgan fingerprint density at radius 2 is 2.06 bits per heavy atom. The summed E-state index contributed by atoms with van der Waals surface area (Å²) < 4.78 is 44.1. The summed E-state index contributed by atoms with van der Waals surface area (Å²) in [6, 6.07) is 9.20. The van der Waals surface area contributed by atoms with Crippen molar-refractivity contribution in [2.24, 2.45) is 4.99 Å². The van der Waals surface area contributed by atoms with Crippen LogP contribution in [0.1, 0.15) is 37.4 Å². The second-order valence-electron chi connectivity index (χ2n) is 8.94. The van der Waals surface area contributed by atoms with Crippen LogP contribution < -0.4 is 9.64 Å². The predicted octanol–water partition coefficient (Wildman–Crippen LogP) is 3.95. The minimum Gasteiger partial charge on any atom is -0.488 e. The summed E-state index contributed by atoms with van der Waals surface area (Å²) in [5.41, 5.74) is 2.15. The number of aromatic nitrogens is 2. The van der Waals surface area contributed by atoms with Crippen molar-refractivity contribution in [3.8, 4) is 18.1 Å². The SMILES string of the molecule is C#CC1CN(c2cc(C(=NC)c3cccc(OC4(C)CC4)c3)ncn2)CCN1CCC(F)(F)F. The summed E-state index contributed by atoms with van der Waals surface area (Å²) in [5.74, 6) is 4.09. The Bertz CT molecular complexity index is 1090. The van der Waals surface area contributed by atoms with Gasteiger partial charge in [0, 0.05) is 44.9 Å². The summed E-state index contributed by atoms with van der Waals surface area (Å²) >= 11 is 0. The molecule has 0 radical (unpaired) electrons. The first-order valence-electron chi connectivity index (χ1n) is 11.3. The summed E-state index contributed by atoms with van der Waals surface area (Å²) in [5, 5.41) is 0. The van der Waals surface area contributed by atoms with Gasteiger partial charge in [-0.25, -0.2) is 9.97 Å². The van der Waals surface area contributed by atoms with Gasteiger partial charge in [-0.2, -0.15) is 13.2 Å². The maximum Gasteiger partial charge on any atom is 0.390 e. The molecule has 1 atom stereocenters. The molecule has 0 amide bonds. The molecule has 1 aromatic carbocycles. The topological polar surface area (TPSA) is 53.9 Å². The molecule has 9 heteroatoms. The van der Waals surface area contributed by atoms with E-state index < -0.39 is 18.6 Å². The number of benzene rings is 1. The van der Waals surface area contributed by atoms with Crippen LogP contribution in [0.15, 0.2) is 41.7 Å². The van der Waals surface area contributed by atoms with Crippen molar-refractivity contribution >= 4 is 11.5 Å². The summed E-state index contributed by atoms with van der Waals surface area (Å²) in [6.45, 7) is 3.33. The second kappa shape index (κ2) is 9.63. The lowest BCUT2D eigenvalue weighted by molar-refractivity contribution is -0.138. The number of ether oxygens (including phenoxy) is 1. The first-order valence-corrected chi connectivity index (χ1v) is 11.3. The minimum atomic E-state index is -4.20. The smallest absolute Gasteiger partial charge is 0.390 e. The lowest BCUT2D eigenvalue weighted by atomic mass is 10.1. The number of terminal acetylenes is 1. The molecule has 4 rings (SSSR count). The third kappa shape index (κ3) is 5.86. The van der Waals surface area contributed by atoms with Crippen LogP contribution in [0, 0.1) is 12.3 Å². The standard InChI is InChI=1S/C25H28F3N5O/c1-4-19-16-33(13-12-32(19)11-10-25(26,27)28)22-15-21(30-17-31-22)23(29-3)18-6-5-7-20(14-18)34-24(2)8-9-24/h1,5-7,14-15,17,19H,8-13,16H2,2-3H3. The molecule has 34 heavy (non-hydrogen) atoms. The lowest BCUT2D eigenvalue weighted by Gasteiger charge is -2.39. The van der Waals surface area contributed by atoms with Crippen LogP contribution >= 0.6 is 0 Å². The number of hydrogen-bond acceptors (Lipinski definition) is 6. The number of halogens is 3. The Morgan fingerprint density at radius 1 is 1.26 bits per heavy atom. The van der Waals surface area contributed by atoms with Crippen molar-refractivity contribution in [1.82, 2.24) is 14.9 Å². The first-order chi connectivity index (χ1) is 16.2. The van der Waals surface area contributed by atoms with E-state index in [1.54, 1.807) is 11.9 Å². The fourth-order valence-electron chi connectivity index (χ4n) is 4.04. The highest BCUT2D eigenvalue weighted by molar-refractivity contribution is 6.12. The number of piperazine rings is 1. The monoisotopic (exact) mass is 471 g/mol. The molecule has 2 fully saturated rings. The third-order valence-corrected chi connectivity index (χ3v) is 6.23. The van der Waals surface area contributed by atoms with Crippen molar-refractivity contribution in [2.75, 3.05) is 38.1 Å². The van der Waals surface area contributed by atoms with Crippen LogP contribution in [0.2, 0.25) is 0 Å². The van der Waals surface area contributed by atoms with Crippen molar-refractivity contribution in [3.63, 3.8) is 0 Å². The fraction of sp³-hybridized carbons (Fsp3) is 0.480.